The summed E-state index contributed by atoms with van der Waals surface area (Å²) in [6.45, 7) is 0.586. The number of nitrogens with one attached hydrogen (secondary N) is 1. The molecular formula is C23H21N3O3S. The van der Waals surface area contributed by atoms with Gasteiger partial charge in [0.15, 0.2) is 0 Å². The molecule has 1 atom stereocenters. The van der Waals surface area contributed by atoms with E-state index in [0.717, 1.165) is 11.1 Å². The molecule has 0 aliphatic carbocycles. The number of carbonyl (C=O) groups is 2. The molecule has 0 saturated carbocycles. The highest BCUT2D eigenvalue weighted by atomic mass is 32.2. The third-order valence-electron chi connectivity index (χ3n) is 5.03. The Morgan fingerprint density at radius 2 is 1.37 bits per heavy atom. The van der Waals surface area contributed by atoms with Gasteiger partial charge in [-0.15, -0.1) is 0 Å². The van der Waals surface area contributed by atoms with Crippen LogP contribution in [0.4, 0.5) is 0 Å². The minimum absolute atomic E-state index is 0.161. The first-order valence-corrected chi connectivity index (χ1v) is 11.0. The van der Waals surface area contributed by atoms with E-state index in [1.54, 1.807) is 48.5 Å². The van der Waals surface area contributed by atoms with Crippen molar-refractivity contribution in [3.8, 4) is 0 Å². The molecule has 2 amide bonds. The van der Waals surface area contributed by atoms with E-state index < -0.39 is 9.92 Å². The van der Waals surface area contributed by atoms with Crippen molar-refractivity contribution in [2.75, 3.05) is 7.05 Å². The lowest BCUT2D eigenvalue weighted by atomic mass is 10.1. The van der Waals surface area contributed by atoms with Crippen LogP contribution in [0.1, 0.15) is 31.8 Å². The quantitative estimate of drug-likeness (QED) is 0.620. The Balaban J connectivity index is 1.49. The summed E-state index contributed by atoms with van der Waals surface area (Å²) in [5.74, 6) is -0.590. The molecule has 1 aliphatic heterocycles. The van der Waals surface area contributed by atoms with Gasteiger partial charge in [-0.25, -0.2) is 13.3 Å². The molecule has 1 unspecified atom stereocenters. The molecule has 0 aromatic heterocycles. The number of rotatable bonds is 6. The maximum Gasteiger partial charge on any atom is 0.261 e. The average molecular weight is 420 g/mol. The predicted molar refractivity (Wildman–Crippen MR) is 115 cm³/mol. The second-order valence-corrected chi connectivity index (χ2v) is 9.08. The highest BCUT2D eigenvalue weighted by molar-refractivity contribution is 7.91. The first-order chi connectivity index (χ1) is 14.5. The van der Waals surface area contributed by atoms with Crippen molar-refractivity contribution in [3.63, 3.8) is 0 Å². The number of imide groups is 1. The van der Waals surface area contributed by atoms with E-state index in [4.69, 9.17) is 0 Å². The number of nitrogens with zero attached hydrogens (tertiary/aromatic N) is 2. The molecule has 30 heavy (non-hydrogen) atoms. The molecule has 0 saturated heterocycles. The average Bonchev–Trinajstić information content (AvgIpc) is 3.04. The van der Waals surface area contributed by atoms with Gasteiger partial charge in [-0.2, -0.15) is 0 Å². The summed E-state index contributed by atoms with van der Waals surface area (Å²) in [7, 11) is -1.26. The van der Waals surface area contributed by atoms with E-state index in [-0.39, 0.29) is 18.4 Å². The largest absolute Gasteiger partial charge is 0.270 e. The van der Waals surface area contributed by atoms with E-state index in [1.165, 1.54) is 11.9 Å². The molecule has 0 spiro atoms. The topological polar surface area (TPSA) is 78.8 Å². The van der Waals surface area contributed by atoms with E-state index in [1.807, 2.05) is 30.3 Å². The Labute approximate surface area is 175 Å². The highest BCUT2D eigenvalue weighted by Gasteiger charge is 2.34. The van der Waals surface area contributed by atoms with Crippen LogP contribution >= 0.6 is 0 Å². The van der Waals surface area contributed by atoms with Crippen LogP contribution in [-0.4, -0.2) is 28.0 Å². The third kappa shape index (κ3) is 3.77. The molecule has 1 N–H and O–H groups in total. The van der Waals surface area contributed by atoms with Crippen LogP contribution in [0, 0.1) is 0 Å². The van der Waals surface area contributed by atoms with Crippen LogP contribution in [-0.2, 0) is 23.0 Å². The van der Waals surface area contributed by atoms with E-state index in [9.17, 15) is 13.8 Å². The first-order valence-electron chi connectivity index (χ1n) is 9.50. The lowest BCUT2D eigenvalue weighted by molar-refractivity contribution is 0.0642. The van der Waals surface area contributed by atoms with Gasteiger partial charge >= 0.3 is 0 Å². The van der Waals surface area contributed by atoms with Crippen LogP contribution in [0.15, 0.2) is 88.1 Å². The van der Waals surface area contributed by atoms with Crippen LogP contribution < -0.4 is 4.72 Å². The van der Waals surface area contributed by atoms with Crippen molar-refractivity contribution in [1.29, 1.82) is 0 Å². The maximum atomic E-state index is 13.2. The normalized spacial score (nSPS) is 15.0. The van der Waals surface area contributed by atoms with Gasteiger partial charge in [0.1, 0.15) is 9.92 Å². The minimum Gasteiger partial charge on any atom is -0.270 e. The zero-order valence-corrected chi connectivity index (χ0v) is 17.3. The SMILES string of the molecule is CN=S(=O)(NCc1ccccc1)c1ccc(CN2C(=O)c3ccccc3C2=O)cc1. The summed E-state index contributed by atoms with van der Waals surface area (Å²) in [6, 6.07) is 23.5. The van der Waals surface area contributed by atoms with Crippen LogP contribution in [0.2, 0.25) is 0 Å². The Morgan fingerprint density at radius 1 is 0.800 bits per heavy atom. The fourth-order valence-corrected chi connectivity index (χ4v) is 4.75. The number of fused-ring (bicyclic) bond motifs is 1. The second kappa shape index (κ2) is 8.22. The van der Waals surface area contributed by atoms with Gasteiger partial charge in [-0.1, -0.05) is 54.6 Å². The molecule has 6 nitrogen and oxygen atoms in total. The van der Waals surface area contributed by atoms with Crippen molar-refractivity contribution < 1.29 is 13.8 Å². The molecule has 3 aromatic rings. The fourth-order valence-electron chi connectivity index (χ4n) is 3.37. The van der Waals surface area contributed by atoms with Crippen molar-refractivity contribution in [3.05, 3.63) is 101 Å². The minimum atomic E-state index is -2.79. The summed E-state index contributed by atoms with van der Waals surface area (Å²) >= 11 is 0. The highest BCUT2D eigenvalue weighted by Crippen LogP contribution is 2.24. The Kier molecular flexibility index (Phi) is 5.48. The van der Waals surface area contributed by atoms with Crippen LogP contribution in [0.3, 0.4) is 0 Å². The van der Waals surface area contributed by atoms with Gasteiger partial charge in [0.2, 0.25) is 0 Å². The predicted octanol–water partition coefficient (Wildman–Crippen LogP) is 3.64. The lowest BCUT2D eigenvalue weighted by Gasteiger charge is -2.15. The van der Waals surface area contributed by atoms with Gasteiger partial charge in [-0.05, 0) is 35.4 Å². The number of hydrogen-bond acceptors (Lipinski definition) is 4. The summed E-state index contributed by atoms with van der Waals surface area (Å²) in [4.78, 5) is 26.9. The Morgan fingerprint density at radius 3 is 1.93 bits per heavy atom. The maximum absolute atomic E-state index is 13.2. The van der Waals surface area contributed by atoms with E-state index in [2.05, 4.69) is 9.08 Å². The Hall–Kier alpha value is -3.29. The number of carbonyl (C=O) groups excluding carboxylic acids is 2. The van der Waals surface area contributed by atoms with Crippen molar-refractivity contribution >= 4 is 21.7 Å². The van der Waals surface area contributed by atoms with Gasteiger partial charge < -0.3 is 0 Å². The zero-order chi connectivity index (χ0) is 21.1. The van der Waals surface area contributed by atoms with Crippen molar-refractivity contribution in [1.82, 2.24) is 9.62 Å². The van der Waals surface area contributed by atoms with Gasteiger partial charge in [0.25, 0.3) is 11.8 Å². The first kappa shape index (κ1) is 20.0. The number of benzene rings is 3. The molecule has 3 aromatic carbocycles. The standard InChI is InChI=1S/C23H21N3O3S/c1-24-30(29,25-15-17-7-3-2-4-8-17)19-13-11-18(12-14-19)16-26-22(27)20-9-5-6-10-21(20)23(26)28/h2-14H,15-16H2,1H3,(H,24,25,29). The van der Waals surface area contributed by atoms with Crippen molar-refractivity contribution in [2.24, 2.45) is 4.36 Å². The molecule has 152 valence electrons. The number of hydrogen-bond donors (Lipinski definition) is 1. The molecule has 1 heterocycles. The number of amides is 2. The molecule has 4 rings (SSSR count). The third-order valence-corrected chi connectivity index (χ3v) is 6.99. The van der Waals surface area contributed by atoms with E-state index >= 15 is 0 Å². The van der Waals surface area contributed by atoms with E-state index in [0.29, 0.717) is 22.6 Å². The molecule has 1 aliphatic rings. The van der Waals surface area contributed by atoms with Crippen molar-refractivity contribution in [2.45, 2.75) is 18.0 Å². The molecule has 0 fully saturated rings. The zero-order valence-electron chi connectivity index (χ0n) is 16.4. The summed E-state index contributed by atoms with van der Waals surface area (Å²) in [5, 5.41) is 0. The monoisotopic (exact) mass is 419 g/mol. The lowest BCUT2D eigenvalue weighted by Crippen LogP contribution is -2.29. The summed E-state index contributed by atoms with van der Waals surface area (Å²) in [5.41, 5.74) is 2.64. The van der Waals surface area contributed by atoms with Gasteiger partial charge in [0.05, 0.1) is 22.6 Å². The second-order valence-electron chi connectivity index (χ2n) is 6.90. The molecule has 7 heteroatoms. The van der Waals surface area contributed by atoms with Gasteiger partial charge in [-0.3, -0.25) is 14.5 Å². The molecule has 0 radical (unpaired) electrons. The molecule has 0 bridgehead atoms. The smallest absolute Gasteiger partial charge is 0.261 e. The Bertz CT molecular complexity index is 1180. The summed E-state index contributed by atoms with van der Waals surface area (Å²) < 4.78 is 20.4. The fraction of sp³-hybridized carbons (Fsp3) is 0.130. The molecular weight excluding hydrogens is 398 g/mol. The van der Waals surface area contributed by atoms with Crippen LogP contribution in [0.25, 0.3) is 0 Å². The van der Waals surface area contributed by atoms with Crippen LogP contribution in [0.5, 0.6) is 0 Å². The summed E-state index contributed by atoms with van der Waals surface area (Å²) in [6.07, 6.45) is 0. The van der Waals surface area contributed by atoms with Gasteiger partial charge in [0, 0.05) is 13.6 Å².